The van der Waals surface area contributed by atoms with E-state index in [0.717, 1.165) is 4.90 Å². The van der Waals surface area contributed by atoms with Crippen LogP contribution in [0.4, 0.5) is 5.69 Å². The first-order chi connectivity index (χ1) is 12.1. The third-order valence-electron chi connectivity index (χ3n) is 3.34. The average molecular weight is 361 g/mol. The van der Waals surface area contributed by atoms with Crippen LogP contribution in [-0.4, -0.2) is 39.0 Å². The summed E-state index contributed by atoms with van der Waals surface area (Å²) in [4.78, 5) is 24.4. The molecule has 0 aliphatic rings. The molecule has 25 heavy (non-hydrogen) atoms. The van der Waals surface area contributed by atoms with Crippen LogP contribution in [0.5, 0.6) is 11.5 Å². The number of methoxy groups -OCH3 is 3. The Balaban J connectivity index is 2.02. The number of nitrogens with one attached hydrogen (secondary N) is 1. The van der Waals surface area contributed by atoms with Gasteiger partial charge in [0.05, 0.1) is 27.1 Å². The molecule has 0 aliphatic carbocycles. The van der Waals surface area contributed by atoms with Gasteiger partial charge in [-0.1, -0.05) is 0 Å². The van der Waals surface area contributed by atoms with E-state index in [2.05, 4.69) is 10.1 Å². The largest absolute Gasteiger partial charge is 0.493 e. The molecular formula is C18H19NO5S. The molecule has 0 spiro atoms. The van der Waals surface area contributed by atoms with Gasteiger partial charge in [-0.25, -0.2) is 0 Å². The van der Waals surface area contributed by atoms with Gasteiger partial charge in [-0.15, -0.1) is 11.8 Å². The average Bonchev–Trinajstić information content (AvgIpc) is 2.66. The van der Waals surface area contributed by atoms with Gasteiger partial charge in [0.1, 0.15) is 0 Å². The van der Waals surface area contributed by atoms with Gasteiger partial charge in [-0.2, -0.15) is 0 Å². The Morgan fingerprint density at radius 1 is 0.960 bits per heavy atom. The lowest BCUT2D eigenvalue weighted by Crippen LogP contribution is -2.12. The molecule has 1 amide bonds. The standard InChI is InChI=1S/C18H19NO5S/c1-22-15-9-4-12(10-16(15)23-2)18(21)19-13-5-7-14(8-6-13)25-11-17(20)24-3/h4-10H,11H2,1-3H3,(H,19,21). The molecule has 2 rings (SSSR count). The predicted molar refractivity (Wildman–Crippen MR) is 96.7 cm³/mol. The van der Waals surface area contributed by atoms with Crippen molar-refractivity contribution in [3.8, 4) is 11.5 Å². The number of benzene rings is 2. The summed E-state index contributed by atoms with van der Waals surface area (Å²) in [6, 6.07) is 12.2. The lowest BCUT2D eigenvalue weighted by atomic mass is 10.2. The quantitative estimate of drug-likeness (QED) is 0.603. The van der Waals surface area contributed by atoms with Crippen LogP contribution in [0, 0.1) is 0 Å². The normalized spacial score (nSPS) is 10.0. The number of carbonyl (C=O) groups excluding carboxylic acids is 2. The maximum atomic E-state index is 12.3. The predicted octanol–water partition coefficient (Wildman–Crippen LogP) is 3.22. The number of carbonyl (C=O) groups is 2. The Bertz CT molecular complexity index is 746. The SMILES string of the molecule is COC(=O)CSc1ccc(NC(=O)c2ccc(OC)c(OC)c2)cc1. The minimum Gasteiger partial charge on any atom is -0.493 e. The van der Waals surface area contributed by atoms with Crippen molar-refractivity contribution >= 4 is 29.3 Å². The molecule has 0 saturated carbocycles. The van der Waals surface area contributed by atoms with Crippen molar-refractivity contribution in [2.45, 2.75) is 4.90 Å². The molecule has 0 unspecified atom stereocenters. The fraction of sp³-hybridized carbons (Fsp3) is 0.222. The second-order valence-electron chi connectivity index (χ2n) is 4.91. The van der Waals surface area contributed by atoms with E-state index in [-0.39, 0.29) is 17.6 Å². The molecule has 0 bridgehead atoms. The summed E-state index contributed by atoms with van der Waals surface area (Å²) in [6.45, 7) is 0. The van der Waals surface area contributed by atoms with E-state index in [1.54, 1.807) is 30.3 Å². The highest BCUT2D eigenvalue weighted by Crippen LogP contribution is 2.28. The first kappa shape index (κ1) is 18.7. The van der Waals surface area contributed by atoms with Crippen LogP contribution in [0.15, 0.2) is 47.4 Å². The van der Waals surface area contributed by atoms with Gasteiger partial charge < -0.3 is 19.5 Å². The van der Waals surface area contributed by atoms with Crippen molar-refractivity contribution < 1.29 is 23.8 Å². The summed E-state index contributed by atoms with van der Waals surface area (Å²) in [5.74, 6) is 0.760. The third kappa shape index (κ3) is 5.15. The van der Waals surface area contributed by atoms with Crippen molar-refractivity contribution in [3.63, 3.8) is 0 Å². The Kier molecular flexibility index (Phi) is 6.71. The number of hydrogen-bond donors (Lipinski definition) is 1. The number of ether oxygens (including phenoxy) is 3. The number of anilines is 1. The van der Waals surface area contributed by atoms with Crippen LogP contribution in [0.25, 0.3) is 0 Å². The molecule has 1 N–H and O–H groups in total. The van der Waals surface area contributed by atoms with Crippen LogP contribution in [0.3, 0.4) is 0 Å². The highest BCUT2D eigenvalue weighted by atomic mass is 32.2. The van der Waals surface area contributed by atoms with Gasteiger partial charge in [-0.05, 0) is 42.5 Å². The van der Waals surface area contributed by atoms with Gasteiger partial charge in [0.25, 0.3) is 5.91 Å². The van der Waals surface area contributed by atoms with Gasteiger partial charge in [0, 0.05) is 16.1 Å². The maximum absolute atomic E-state index is 12.3. The van der Waals surface area contributed by atoms with Gasteiger partial charge in [0.15, 0.2) is 11.5 Å². The number of amides is 1. The molecule has 6 nitrogen and oxygen atoms in total. The van der Waals surface area contributed by atoms with Crippen LogP contribution >= 0.6 is 11.8 Å². The summed E-state index contributed by atoms with van der Waals surface area (Å²) in [5.41, 5.74) is 1.11. The minimum absolute atomic E-state index is 0.244. The topological polar surface area (TPSA) is 73.9 Å². The molecular weight excluding hydrogens is 342 g/mol. The summed E-state index contributed by atoms with van der Waals surface area (Å²) in [7, 11) is 4.41. The number of hydrogen-bond acceptors (Lipinski definition) is 6. The second-order valence-corrected chi connectivity index (χ2v) is 5.96. The lowest BCUT2D eigenvalue weighted by molar-refractivity contribution is -0.137. The van der Waals surface area contributed by atoms with Crippen molar-refractivity contribution in [2.75, 3.05) is 32.4 Å². The fourth-order valence-corrected chi connectivity index (χ4v) is 2.75. The monoisotopic (exact) mass is 361 g/mol. The van der Waals surface area contributed by atoms with Gasteiger partial charge in [-0.3, -0.25) is 9.59 Å². The molecule has 0 fully saturated rings. The zero-order valence-electron chi connectivity index (χ0n) is 14.2. The van der Waals surface area contributed by atoms with Crippen LogP contribution in [0.1, 0.15) is 10.4 Å². The van der Waals surface area contributed by atoms with Crippen molar-refractivity contribution in [1.29, 1.82) is 0 Å². The summed E-state index contributed by atoms with van der Waals surface area (Å²) < 4.78 is 15.0. The highest BCUT2D eigenvalue weighted by molar-refractivity contribution is 8.00. The zero-order valence-corrected chi connectivity index (χ0v) is 15.0. The van der Waals surface area contributed by atoms with Crippen LogP contribution in [-0.2, 0) is 9.53 Å². The summed E-state index contributed by atoms with van der Waals surface area (Å²) in [5, 5.41) is 2.81. The first-order valence-electron chi connectivity index (χ1n) is 7.40. The smallest absolute Gasteiger partial charge is 0.315 e. The number of rotatable bonds is 7. The Labute approximate surface area is 150 Å². The highest BCUT2D eigenvalue weighted by Gasteiger charge is 2.11. The van der Waals surface area contributed by atoms with E-state index in [0.29, 0.717) is 22.7 Å². The second kappa shape index (κ2) is 8.98. The van der Waals surface area contributed by atoms with E-state index >= 15 is 0 Å². The van der Waals surface area contributed by atoms with E-state index in [1.807, 2.05) is 12.1 Å². The van der Waals surface area contributed by atoms with E-state index in [9.17, 15) is 9.59 Å². The molecule has 0 aliphatic heterocycles. The number of esters is 1. The minimum atomic E-state index is -0.282. The molecule has 2 aromatic carbocycles. The third-order valence-corrected chi connectivity index (χ3v) is 4.33. The molecule has 0 atom stereocenters. The van der Waals surface area contributed by atoms with Crippen molar-refractivity contribution in [1.82, 2.24) is 0 Å². The Morgan fingerprint density at radius 2 is 1.64 bits per heavy atom. The molecule has 0 aromatic heterocycles. The van der Waals surface area contributed by atoms with Crippen molar-refractivity contribution in [2.24, 2.45) is 0 Å². The van der Waals surface area contributed by atoms with E-state index in [1.165, 1.54) is 33.1 Å². The fourth-order valence-electron chi connectivity index (χ4n) is 2.02. The maximum Gasteiger partial charge on any atom is 0.315 e. The van der Waals surface area contributed by atoms with Crippen molar-refractivity contribution in [3.05, 3.63) is 48.0 Å². The Hall–Kier alpha value is -2.67. The lowest BCUT2D eigenvalue weighted by Gasteiger charge is -2.10. The van der Waals surface area contributed by atoms with Crippen LogP contribution in [0.2, 0.25) is 0 Å². The van der Waals surface area contributed by atoms with Crippen LogP contribution < -0.4 is 14.8 Å². The molecule has 2 aromatic rings. The Morgan fingerprint density at radius 3 is 2.24 bits per heavy atom. The first-order valence-corrected chi connectivity index (χ1v) is 8.39. The molecule has 132 valence electrons. The van der Waals surface area contributed by atoms with E-state index in [4.69, 9.17) is 9.47 Å². The summed E-state index contributed by atoms with van der Waals surface area (Å²) >= 11 is 1.37. The van der Waals surface area contributed by atoms with E-state index < -0.39 is 0 Å². The molecule has 0 saturated heterocycles. The van der Waals surface area contributed by atoms with Gasteiger partial charge >= 0.3 is 5.97 Å². The molecule has 7 heteroatoms. The number of thioether (sulfide) groups is 1. The zero-order chi connectivity index (χ0) is 18.2. The van der Waals surface area contributed by atoms with Gasteiger partial charge in [0.2, 0.25) is 0 Å². The molecule has 0 heterocycles. The molecule has 0 radical (unpaired) electrons. The summed E-state index contributed by atoms with van der Waals surface area (Å²) in [6.07, 6.45) is 0.